The summed E-state index contributed by atoms with van der Waals surface area (Å²) in [7, 11) is 0. The topological polar surface area (TPSA) is 42.0 Å². The lowest BCUT2D eigenvalue weighted by Gasteiger charge is -2.16. The van der Waals surface area contributed by atoms with E-state index in [1.54, 1.807) is 11.3 Å². The van der Waals surface area contributed by atoms with Crippen LogP contribution in [-0.4, -0.2) is 10.9 Å². The molecule has 1 aliphatic carbocycles. The Hall–Kier alpha value is -0.900. The molecule has 0 aromatic carbocycles. The Kier molecular flexibility index (Phi) is 3.02. The number of aryl methyl sites for hydroxylation is 2. The summed E-state index contributed by atoms with van der Waals surface area (Å²) in [4.78, 5) is 17.5. The number of fused-ring (bicyclic) bond motifs is 1. The number of nitrogens with zero attached hydrogens (tertiary/aromatic N) is 1. The van der Waals surface area contributed by atoms with Crippen molar-refractivity contribution in [2.45, 2.75) is 46.5 Å². The second kappa shape index (κ2) is 4.17. The Bertz CT molecular complexity index is 382. The molecule has 0 saturated carbocycles. The molecule has 1 N–H and O–H groups in total. The Morgan fingerprint density at radius 2 is 2.19 bits per heavy atom. The largest absolute Gasteiger partial charge is 0.302 e. The third-order valence-corrected chi connectivity index (χ3v) is 3.61. The summed E-state index contributed by atoms with van der Waals surface area (Å²) in [5, 5.41) is 3.67. The minimum absolute atomic E-state index is 0.0318. The van der Waals surface area contributed by atoms with E-state index in [4.69, 9.17) is 0 Å². The Morgan fingerprint density at radius 1 is 1.44 bits per heavy atom. The second-order valence-corrected chi connectivity index (χ2v) is 6.61. The van der Waals surface area contributed by atoms with E-state index in [2.05, 4.69) is 31.1 Å². The van der Waals surface area contributed by atoms with Gasteiger partial charge in [0.25, 0.3) is 0 Å². The van der Waals surface area contributed by atoms with Crippen LogP contribution in [0.2, 0.25) is 0 Å². The van der Waals surface area contributed by atoms with Gasteiger partial charge in [0.05, 0.1) is 5.69 Å². The van der Waals surface area contributed by atoms with Crippen LogP contribution in [0.5, 0.6) is 0 Å². The summed E-state index contributed by atoms with van der Waals surface area (Å²) in [5.41, 5.74) is 1.22. The zero-order valence-corrected chi connectivity index (χ0v) is 10.9. The fraction of sp³-hybridized carbons (Fsp3) is 0.667. The van der Waals surface area contributed by atoms with E-state index in [1.165, 1.54) is 17.0 Å². The van der Waals surface area contributed by atoms with Crippen LogP contribution in [0.1, 0.15) is 44.2 Å². The average molecular weight is 238 g/mol. The van der Waals surface area contributed by atoms with Gasteiger partial charge < -0.3 is 5.32 Å². The highest BCUT2D eigenvalue weighted by Gasteiger charge is 2.20. The van der Waals surface area contributed by atoms with Crippen LogP contribution in [-0.2, 0) is 17.6 Å². The molecule has 0 fully saturated rings. The number of carbonyl (C=O) groups is 1. The van der Waals surface area contributed by atoms with E-state index in [0.717, 1.165) is 18.0 Å². The Labute approximate surface area is 100 Å². The Balaban J connectivity index is 1.96. The average Bonchev–Trinajstić information content (AvgIpc) is 2.58. The fourth-order valence-corrected chi connectivity index (χ4v) is 2.95. The van der Waals surface area contributed by atoms with Gasteiger partial charge >= 0.3 is 0 Å². The molecule has 3 nitrogen and oxygen atoms in total. The first kappa shape index (κ1) is 11.6. The van der Waals surface area contributed by atoms with Crippen LogP contribution in [0.15, 0.2) is 0 Å². The standard InChI is InChI=1S/C12H18N2OS/c1-12(2,3)7-10(15)14-11-13-8-5-4-6-9(8)16-11/h4-7H2,1-3H3,(H,13,14,15). The number of anilines is 1. The maximum Gasteiger partial charge on any atom is 0.226 e. The predicted octanol–water partition coefficient (Wildman–Crippen LogP) is 3.01. The monoisotopic (exact) mass is 238 g/mol. The summed E-state index contributed by atoms with van der Waals surface area (Å²) in [5.74, 6) is 0.0694. The van der Waals surface area contributed by atoms with E-state index < -0.39 is 0 Å². The van der Waals surface area contributed by atoms with E-state index in [-0.39, 0.29) is 11.3 Å². The van der Waals surface area contributed by atoms with Crippen LogP contribution in [0, 0.1) is 5.41 Å². The lowest BCUT2D eigenvalue weighted by Crippen LogP contribution is -2.19. The summed E-state index contributed by atoms with van der Waals surface area (Å²) in [6.07, 6.45) is 3.95. The number of amides is 1. The van der Waals surface area contributed by atoms with Crippen molar-refractivity contribution in [3.63, 3.8) is 0 Å². The molecule has 0 atom stereocenters. The lowest BCUT2D eigenvalue weighted by molar-refractivity contribution is -0.117. The molecule has 1 aromatic heterocycles. The van der Waals surface area contributed by atoms with Crippen molar-refractivity contribution in [1.29, 1.82) is 0 Å². The number of hydrogen-bond donors (Lipinski definition) is 1. The summed E-state index contributed by atoms with van der Waals surface area (Å²) >= 11 is 1.63. The SMILES string of the molecule is CC(C)(C)CC(=O)Nc1nc2c(s1)CCC2. The van der Waals surface area contributed by atoms with Gasteiger partial charge in [0.2, 0.25) is 5.91 Å². The molecular formula is C12H18N2OS. The quantitative estimate of drug-likeness (QED) is 0.860. The Morgan fingerprint density at radius 3 is 2.81 bits per heavy atom. The predicted molar refractivity (Wildman–Crippen MR) is 66.8 cm³/mol. The normalized spacial score (nSPS) is 14.9. The molecule has 16 heavy (non-hydrogen) atoms. The van der Waals surface area contributed by atoms with Crippen molar-refractivity contribution in [3.05, 3.63) is 10.6 Å². The maximum absolute atomic E-state index is 11.7. The van der Waals surface area contributed by atoms with Gasteiger partial charge in [-0.3, -0.25) is 4.79 Å². The van der Waals surface area contributed by atoms with Crippen molar-refractivity contribution in [3.8, 4) is 0 Å². The number of carbonyl (C=O) groups excluding carboxylic acids is 1. The van der Waals surface area contributed by atoms with Crippen molar-refractivity contribution >= 4 is 22.4 Å². The van der Waals surface area contributed by atoms with Crippen LogP contribution >= 0.6 is 11.3 Å². The van der Waals surface area contributed by atoms with Crippen molar-refractivity contribution < 1.29 is 4.79 Å². The summed E-state index contributed by atoms with van der Waals surface area (Å²) in [6.45, 7) is 6.19. The van der Waals surface area contributed by atoms with Gasteiger partial charge in [-0.05, 0) is 24.7 Å². The number of thiazole rings is 1. The van der Waals surface area contributed by atoms with Gasteiger partial charge in [0.1, 0.15) is 0 Å². The molecule has 0 bridgehead atoms. The fourth-order valence-electron chi connectivity index (χ4n) is 1.89. The third-order valence-electron chi connectivity index (χ3n) is 2.53. The zero-order valence-electron chi connectivity index (χ0n) is 10.1. The van der Waals surface area contributed by atoms with E-state index in [9.17, 15) is 4.79 Å². The number of nitrogens with one attached hydrogen (secondary N) is 1. The van der Waals surface area contributed by atoms with E-state index in [1.807, 2.05) is 0 Å². The molecule has 0 unspecified atom stereocenters. The smallest absolute Gasteiger partial charge is 0.226 e. The number of hydrogen-bond acceptors (Lipinski definition) is 3. The third kappa shape index (κ3) is 2.82. The van der Waals surface area contributed by atoms with Crippen LogP contribution < -0.4 is 5.32 Å². The molecule has 1 aliphatic rings. The molecular weight excluding hydrogens is 220 g/mol. The molecule has 1 aromatic rings. The minimum Gasteiger partial charge on any atom is -0.302 e. The van der Waals surface area contributed by atoms with Gasteiger partial charge in [-0.1, -0.05) is 20.8 Å². The summed E-state index contributed by atoms with van der Waals surface area (Å²) < 4.78 is 0. The molecule has 0 radical (unpaired) electrons. The number of aromatic nitrogens is 1. The van der Waals surface area contributed by atoms with Crippen LogP contribution in [0.25, 0.3) is 0 Å². The first-order valence-corrected chi connectivity index (χ1v) is 6.54. The van der Waals surface area contributed by atoms with Gasteiger partial charge in [-0.25, -0.2) is 4.98 Å². The van der Waals surface area contributed by atoms with E-state index >= 15 is 0 Å². The van der Waals surface area contributed by atoms with Crippen molar-refractivity contribution in [2.24, 2.45) is 5.41 Å². The molecule has 0 spiro atoms. The highest BCUT2D eigenvalue weighted by Crippen LogP contribution is 2.30. The first-order valence-electron chi connectivity index (χ1n) is 5.72. The molecule has 0 saturated heterocycles. The second-order valence-electron chi connectivity index (χ2n) is 5.53. The van der Waals surface area contributed by atoms with Crippen LogP contribution in [0.4, 0.5) is 5.13 Å². The molecule has 88 valence electrons. The maximum atomic E-state index is 11.7. The molecule has 1 heterocycles. The lowest BCUT2D eigenvalue weighted by atomic mass is 9.92. The molecule has 0 aliphatic heterocycles. The van der Waals surface area contributed by atoms with Gasteiger partial charge in [-0.2, -0.15) is 0 Å². The molecule has 1 amide bonds. The van der Waals surface area contributed by atoms with Gasteiger partial charge in [0, 0.05) is 11.3 Å². The van der Waals surface area contributed by atoms with Gasteiger partial charge in [-0.15, -0.1) is 11.3 Å². The van der Waals surface area contributed by atoms with Crippen LogP contribution in [0.3, 0.4) is 0 Å². The van der Waals surface area contributed by atoms with Gasteiger partial charge in [0.15, 0.2) is 5.13 Å². The number of rotatable bonds is 2. The minimum atomic E-state index is 0.0318. The highest BCUT2D eigenvalue weighted by atomic mass is 32.1. The van der Waals surface area contributed by atoms with Crippen molar-refractivity contribution in [2.75, 3.05) is 5.32 Å². The zero-order chi connectivity index (χ0) is 11.8. The molecule has 2 rings (SSSR count). The molecule has 4 heteroatoms. The highest BCUT2D eigenvalue weighted by molar-refractivity contribution is 7.15. The first-order chi connectivity index (χ1) is 7.44. The van der Waals surface area contributed by atoms with E-state index in [0.29, 0.717) is 6.42 Å². The summed E-state index contributed by atoms with van der Waals surface area (Å²) in [6, 6.07) is 0. The van der Waals surface area contributed by atoms with Crippen molar-refractivity contribution in [1.82, 2.24) is 4.98 Å².